The first-order valence-electron chi connectivity index (χ1n) is 6.60. The van der Waals surface area contributed by atoms with Crippen LogP contribution in [0.4, 0.5) is 18.9 Å². The molecule has 0 amide bonds. The Kier molecular flexibility index (Phi) is 4.73. The summed E-state index contributed by atoms with van der Waals surface area (Å²) in [6, 6.07) is 8.66. The number of ether oxygens (including phenoxy) is 1. The standard InChI is InChI=1S/C16H16F3NO/c1-10(2)21-15-6-4-3-5-11(15)9-20-14-8-12(17)7-13(18)16(14)19/h3-8,10,20H,9H2,1-2H3. The van der Waals surface area contributed by atoms with Crippen molar-refractivity contribution in [3.63, 3.8) is 0 Å². The predicted octanol–water partition coefficient (Wildman–Crippen LogP) is 4.50. The van der Waals surface area contributed by atoms with E-state index in [9.17, 15) is 13.2 Å². The van der Waals surface area contributed by atoms with Crippen LogP contribution in [0.3, 0.4) is 0 Å². The van der Waals surface area contributed by atoms with Gasteiger partial charge in [0, 0.05) is 24.2 Å². The third kappa shape index (κ3) is 3.90. The van der Waals surface area contributed by atoms with Gasteiger partial charge in [-0.15, -0.1) is 0 Å². The van der Waals surface area contributed by atoms with Gasteiger partial charge >= 0.3 is 0 Å². The molecule has 0 fully saturated rings. The normalized spacial score (nSPS) is 10.8. The molecule has 2 rings (SSSR count). The highest BCUT2D eigenvalue weighted by atomic mass is 19.2. The summed E-state index contributed by atoms with van der Waals surface area (Å²) in [7, 11) is 0. The average Bonchev–Trinajstić information content (AvgIpc) is 2.42. The SMILES string of the molecule is CC(C)Oc1ccccc1CNc1cc(F)cc(F)c1F. The monoisotopic (exact) mass is 295 g/mol. The molecule has 0 aliphatic rings. The van der Waals surface area contributed by atoms with Crippen molar-refractivity contribution in [1.82, 2.24) is 0 Å². The van der Waals surface area contributed by atoms with E-state index in [0.717, 1.165) is 11.6 Å². The third-order valence-corrected chi connectivity index (χ3v) is 2.80. The summed E-state index contributed by atoms with van der Waals surface area (Å²) < 4.78 is 45.4. The zero-order valence-corrected chi connectivity index (χ0v) is 11.8. The molecule has 2 aromatic carbocycles. The lowest BCUT2D eigenvalue weighted by Gasteiger charge is -2.15. The zero-order valence-electron chi connectivity index (χ0n) is 11.8. The fraction of sp³-hybridized carbons (Fsp3) is 0.250. The van der Waals surface area contributed by atoms with Crippen LogP contribution in [0.5, 0.6) is 5.75 Å². The van der Waals surface area contributed by atoms with E-state index in [-0.39, 0.29) is 18.3 Å². The number of para-hydroxylation sites is 1. The van der Waals surface area contributed by atoms with Crippen molar-refractivity contribution in [2.75, 3.05) is 5.32 Å². The van der Waals surface area contributed by atoms with Crippen LogP contribution in [-0.4, -0.2) is 6.10 Å². The predicted molar refractivity (Wildman–Crippen MR) is 75.8 cm³/mol. The second-order valence-electron chi connectivity index (χ2n) is 4.88. The van der Waals surface area contributed by atoms with Crippen molar-refractivity contribution in [1.29, 1.82) is 0 Å². The van der Waals surface area contributed by atoms with Gasteiger partial charge in [0.15, 0.2) is 11.6 Å². The molecule has 0 unspecified atom stereocenters. The van der Waals surface area contributed by atoms with Crippen LogP contribution in [0.2, 0.25) is 0 Å². The van der Waals surface area contributed by atoms with Crippen LogP contribution in [0.1, 0.15) is 19.4 Å². The van der Waals surface area contributed by atoms with Gasteiger partial charge in [-0.25, -0.2) is 13.2 Å². The Labute approximate surface area is 121 Å². The molecule has 0 saturated carbocycles. The van der Waals surface area contributed by atoms with Crippen LogP contribution in [0.15, 0.2) is 36.4 Å². The fourth-order valence-corrected chi connectivity index (χ4v) is 1.89. The minimum atomic E-state index is -1.22. The Balaban J connectivity index is 2.17. The smallest absolute Gasteiger partial charge is 0.182 e. The van der Waals surface area contributed by atoms with Crippen LogP contribution >= 0.6 is 0 Å². The number of benzene rings is 2. The molecule has 0 aliphatic carbocycles. The highest BCUT2D eigenvalue weighted by Gasteiger charge is 2.12. The maximum Gasteiger partial charge on any atom is 0.182 e. The van der Waals surface area contributed by atoms with E-state index in [0.29, 0.717) is 11.8 Å². The lowest BCUT2D eigenvalue weighted by atomic mass is 10.2. The van der Waals surface area contributed by atoms with Crippen molar-refractivity contribution in [3.8, 4) is 5.75 Å². The number of hydrogen-bond donors (Lipinski definition) is 1. The van der Waals surface area contributed by atoms with Gasteiger partial charge in [-0.2, -0.15) is 0 Å². The van der Waals surface area contributed by atoms with Crippen molar-refractivity contribution in [2.45, 2.75) is 26.5 Å². The van der Waals surface area contributed by atoms with E-state index in [1.807, 2.05) is 26.0 Å². The molecule has 0 aliphatic heterocycles. The largest absolute Gasteiger partial charge is 0.491 e. The summed E-state index contributed by atoms with van der Waals surface area (Å²) in [4.78, 5) is 0. The maximum atomic E-state index is 13.6. The van der Waals surface area contributed by atoms with Crippen molar-refractivity contribution >= 4 is 5.69 Å². The minimum Gasteiger partial charge on any atom is -0.491 e. The van der Waals surface area contributed by atoms with Crippen LogP contribution in [0.25, 0.3) is 0 Å². The van der Waals surface area contributed by atoms with Crippen LogP contribution in [0, 0.1) is 17.5 Å². The molecule has 112 valence electrons. The van der Waals surface area contributed by atoms with E-state index in [1.54, 1.807) is 12.1 Å². The third-order valence-electron chi connectivity index (χ3n) is 2.80. The fourth-order valence-electron chi connectivity index (χ4n) is 1.89. The number of halogens is 3. The first-order chi connectivity index (χ1) is 9.97. The molecule has 0 heterocycles. The highest BCUT2D eigenvalue weighted by Crippen LogP contribution is 2.23. The van der Waals surface area contributed by atoms with Crippen molar-refractivity contribution < 1.29 is 17.9 Å². The average molecular weight is 295 g/mol. The molecular weight excluding hydrogens is 279 g/mol. The van der Waals surface area contributed by atoms with Gasteiger partial charge in [0.1, 0.15) is 11.6 Å². The second-order valence-corrected chi connectivity index (χ2v) is 4.88. The number of anilines is 1. The molecule has 0 saturated heterocycles. The molecule has 2 nitrogen and oxygen atoms in total. The molecule has 0 radical (unpaired) electrons. The summed E-state index contributed by atoms with van der Waals surface area (Å²) in [5.74, 6) is -2.50. The van der Waals surface area contributed by atoms with E-state index in [2.05, 4.69) is 5.32 Å². The van der Waals surface area contributed by atoms with E-state index >= 15 is 0 Å². The lowest BCUT2D eigenvalue weighted by molar-refractivity contribution is 0.240. The van der Waals surface area contributed by atoms with E-state index in [1.165, 1.54) is 0 Å². The first kappa shape index (κ1) is 15.2. The van der Waals surface area contributed by atoms with Crippen LogP contribution < -0.4 is 10.1 Å². The molecular formula is C16H16F3NO. The number of hydrogen-bond acceptors (Lipinski definition) is 2. The molecule has 0 spiro atoms. The molecule has 0 bridgehead atoms. The van der Waals surface area contributed by atoms with Crippen molar-refractivity contribution in [3.05, 3.63) is 59.4 Å². The quantitative estimate of drug-likeness (QED) is 0.820. The summed E-state index contributed by atoms with van der Waals surface area (Å²) in [5, 5.41) is 2.69. The summed E-state index contributed by atoms with van der Waals surface area (Å²) in [6.07, 6.45) is -0.00509. The lowest BCUT2D eigenvalue weighted by Crippen LogP contribution is -2.10. The van der Waals surface area contributed by atoms with E-state index < -0.39 is 17.5 Å². The zero-order chi connectivity index (χ0) is 15.4. The summed E-state index contributed by atoms with van der Waals surface area (Å²) in [6.45, 7) is 3.99. The Morgan fingerprint density at radius 3 is 2.52 bits per heavy atom. The number of rotatable bonds is 5. The summed E-state index contributed by atoms with van der Waals surface area (Å²) >= 11 is 0. The van der Waals surface area contributed by atoms with Gasteiger partial charge in [0.05, 0.1) is 11.8 Å². The molecule has 5 heteroatoms. The van der Waals surface area contributed by atoms with Gasteiger partial charge < -0.3 is 10.1 Å². The minimum absolute atomic E-state index is 0.00509. The Hall–Kier alpha value is -2.17. The summed E-state index contributed by atoms with van der Waals surface area (Å²) in [5.41, 5.74) is 0.558. The van der Waals surface area contributed by atoms with Gasteiger partial charge in [0.2, 0.25) is 0 Å². The first-order valence-corrected chi connectivity index (χ1v) is 6.60. The van der Waals surface area contributed by atoms with Gasteiger partial charge in [-0.05, 0) is 19.9 Å². The van der Waals surface area contributed by atoms with Gasteiger partial charge in [-0.1, -0.05) is 18.2 Å². The van der Waals surface area contributed by atoms with Crippen molar-refractivity contribution in [2.24, 2.45) is 0 Å². The maximum absolute atomic E-state index is 13.6. The molecule has 0 aromatic heterocycles. The molecule has 0 atom stereocenters. The number of nitrogens with one attached hydrogen (secondary N) is 1. The Morgan fingerprint density at radius 2 is 1.81 bits per heavy atom. The molecule has 1 N–H and O–H groups in total. The topological polar surface area (TPSA) is 21.3 Å². The Bertz CT molecular complexity index is 629. The highest BCUT2D eigenvalue weighted by molar-refractivity contribution is 5.47. The van der Waals surface area contributed by atoms with E-state index in [4.69, 9.17) is 4.74 Å². The Morgan fingerprint density at radius 1 is 1.10 bits per heavy atom. The second kappa shape index (κ2) is 6.52. The van der Waals surface area contributed by atoms with Gasteiger partial charge in [0.25, 0.3) is 0 Å². The van der Waals surface area contributed by atoms with Crippen LogP contribution in [-0.2, 0) is 6.54 Å². The van der Waals surface area contributed by atoms with Gasteiger partial charge in [-0.3, -0.25) is 0 Å². The molecule has 21 heavy (non-hydrogen) atoms. The molecule has 2 aromatic rings.